The zero-order chi connectivity index (χ0) is 17.3. The molecule has 124 valence electrons. The van der Waals surface area contributed by atoms with Gasteiger partial charge in [0, 0.05) is 6.20 Å². The van der Waals surface area contributed by atoms with Gasteiger partial charge >= 0.3 is 0 Å². The Morgan fingerprint density at radius 2 is 1.62 bits per heavy atom. The molecule has 5 nitrogen and oxygen atoms in total. The van der Waals surface area contributed by atoms with Crippen LogP contribution >= 0.6 is 0 Å². The quantitative estimate of drug-likeness (QED) is 0.788. The van der Waals surface area contributed by atoms with Crippen LogP contribution < -0.4 is 4.72 Å². The lowest BCUT2D eigenvalue weighted by Gasteiger charge is -2.11. The Kier molecular flexibility index (Phi) is 4.15. The van der Waals surface area contributed by atoms with Gasteiger partial charge in [0.05, 0.1) is 22.0 Å². The monoisotopic (exact) mass is 341 g/mol. The molecule has 2 aromatic carbocycles. The zero-order valence-electron chi connectivity index (χ0n) is 13.8. The molecule has 0 bridgehead atoms. The third-order valence-electron chi connectivity index (χ3n) is 3.63. The molecule has 3 aromatic rings. The van der Waals surface area contributed by atoms with Crippen molar-refractivity contribution in [3.8, 4) is 5.69 Å². The van der Waals surface area contributed by atoms with Crippen LogP contribution in [0.3, 0.4) is 0 Å². The predicted molar refractivity (Wildman–Crippen MR) is 95.0 cm³/mol. The van der Waals surface area contributed by atoms with Gasteiger partial charge in [-0.15, -0.1) is 0 Å². The summed E-state index contributed by atoms with van der Waals surface area (Å²) in [5, 5.41) is 4.37. The lowest BCUT2D eigenvalue weighted by molar-refractivity contribution is 0.601. The number of aryl methyl sites for hydroxylation is 3. The highest BCUT2D eigenvalue weighted by Crippen LogP contribution is 2.21. The molecule has 24 heavy (non-hydrogen) atoms. The first-order valence-corrected chi connectivity index (χ1v) is 9.06. The van der Waals surface area contributed by atoms with Crippen molar-refractivity contribution < 1.29 is 8.42 Å². The average molecular weight is 341 g/mol. The van der Waals surface area contributed by atoms with Crippen LogP contribution in [0.2, 0.25) is 0 Å². The zero-order valence-corrected chi connectivity index (χ0v) is 14.6. The second-order valence-electron chi connectivity index (χ2n) is 5.88. The first kappa shape index (κ1) is 16.3. The molecule has 0 saturated carbocycles. The van der Waals surface area contributed by atoms with Crippen molar-refractivity contribution in [2.24, 2.45) is 0 Å². The van der Waals surface area contributed by atoms with Gasteiger partial charge in [-0.1, -0.05) is 17.7 Å². The molecule has 0 radical (unpaired) electrons. The van der Waals surface area contributed by atoms with Gasteiger partial charge in [0.15, 0.2) is 0 Å². The van der Waals surface area contributed by atoms with Gasteiger partial charge in [-0.3, -0.25) is 4.72 Å². The molecule has 0 fully saturated rings. The number of hydrogen-bond donors (Lipinski definition) is 1. The molecule has 0 amide bonds. The smallest absolute Gasteiger partial charge is 0.261 e. The number of benzene rings is 2. The van der Waals surface area contributed by atoms with Gasteiger partial charge in [0.25, 0.3) is 10.0 Å². The van der Waals surface area contributed by atoms with E-state index in [1.165, 1.54) is 0 Å². The summed E-state index contributed by atoms with van der Waals surface area (Å²) in [6.07, 6.45) is 1.85. The van der Waals surface area contributed by atoms with Crippen LogP contribution in [0.1, 0.15) is 16.8 Å². The van der Waals surface area contributed by atoms with Crippen molar-refractivity contribution in [2.45, 2.75) is 25.7 Å². The molecular weight excluding hydrogens is 322 g/mol. The van der Waals surface area contributed by atoms with Gasteiger partial charge in [-0.25, -0.2) is 13.1 Å². The van der Waals surface area contributed by atoms with Crippen LogP contribution in [0.5, 0.6) is 0 Å². The maximum atomic E-state index is 12.5. The minimum atomic E-state index is -3.62. The molecule has 3 rings (SSSR count). The molecule has 6 heteroatoms. The van der Waals surface area contributed by atoms with E-state index in [2.05, 4.69) is 9.82 Å². The van der Waals surface area contributed by atoms with E-state index in [1.807, 2.05) is 39.1 Å². The summed E-state index contributed by atoms with van der Waals surface area (Å²) in [5.74, 6) is 0. The van der Waals surface area contributed by atoms with E-state index in [1.54, 1.807) is 41.1 Å². The number of hydrogen-bond acceptors (Lipinski definition) is 3. The van der Waals surface area contributed by atoms with Gasteiger partial charge in [-0.05, 0) is 62.7 Å². The maximum absolute atomic E-state index is 12.5. The second kappa shape index (κ2) is 6.13. The summed E-state index contributed by atoms with van der Waals surface area (Å²) in [4.78, 5) is 0.242. The highest BCUT2D eigenvalue weighted by Gasteiger charge is 2.14. The molecular formula is C18H19N3O2S. The van der Waals surface area contributed by atoms with E-state index >= 15 is 0 Å². The molecule has 1 heterocycles. The summed E-state index contributed by atoms with van der Waals surface area (Å²) in [6, 6.07) is 14.2. The summed E-state index contributed by atoms with van der Waals surface area (Å²) in [7, 11) is -3.62. The average Bonchev–Trinajstić information content (AvgIpc) is 2.93. The molecule has 0 aliphatic heterocycles. The minimum Gasteiger partial charge on any atom is -0.280 e. The van der Waals surface area contributed by atoms with Gasteiger partial charge in [0.1, 0.15) is 0 Å². The summed E-state index contributed by atoms with van der Waals surface area (Å²) >= 11 is 0. The first-order valence-electron chi connectivity index (χ1n) is 7.57. The van der Waals surface area contributed by atoms with Crippen LogP contribution in [-0.2, 0) is 10.0 Å². The fraction of sp³-hybridized carbons (Fsp3) is 0.167. The Labute approximate surface area is 142 Å². The number of nitrogens with one attached hydrogen (secondary N) is 1. The molecule has 0 aliphatic carbocycles. The normalized spacial score (nSPS) is 11.5. The Morgan fingerprint density at radius 3 is 2.25 bits per heavy atom. The predicted octanol–water partition coefficient (Wildman–Crippen LogP) is 3.60. The Morgan fingerprint density at radius 1 is 0.917 bits per heavy atom. The Balaban J connectivity index is 1.95. The van der Waals surface area contributed by atoms with E-state index in [9.17, 15) is 8.42 Å². The summed E-state index contributed by atoms with van der Waals surface area (Å²) in [6.45, 7) is 5.75. The first-order chi connectivity index (χ1) is 11.3. The van der Waals surface area contributed by atoms with E-state index < -0.39 is 10.0 Å². The lowest BCUT2D eigenvalue weighted by Crippen LogP contribution is -2.13. The molecule has 0 spiro atoms. The van der Waals surface area contributed by atoms with Crippen molar-refractivity contribution >= 4 is 15.7 Å². The van der Waals surface area contributed by atoms with Crippen molar-refractivity contribution in [1.82, 2.24) is 9.78 Å². The molecule has 0 atom stereocenters. The SMILES string of the molecule is Cc1ccc(S(=O)(=O)Nc2cc(C)cc(-n3ccc(C)n3)c2)cc1. The highest BCUT2D eigenvalue weighted by molar-refractivity contribution is 7.92. The fourth-order valence-corrected chi connectivity index (χ4v) is 3.48. The second-order valence-corrected chi connectivity index (χ2v) is 7.56. The standard InChI is InChI=1S/C18H19N3O2S/c1-13-4-6-18(7-5-13)24(22,23)20-16-10-14(2)11-17(12-16)21-9-8-15(3)19-21/h4-12,20H,1-3H3. The van der Waals surface area contributed by atoms with Crippen LogP contribution in [0.15, 0.2) is 59.6 Å². The molecule has 1 N–H and O–H groups in total. The van der Waals surface area contributed by atoms with Gasteiger partial charge in [-0.2, -0.15) is 5.10 Å². The third-order valence-corrected chi connectivity index (χ3v) is 5.03. The summed E-state index contributed by atoms with van der Waals surface area (Å²) < 4.78 is 29.5. The largest absolute Gasteiger partial charge is 0.280 e. The number of sulfonamides is 1. The van der Waals surface area contributed by atoms with E-state index in [0.717, 1.165) is 22.5 Å². The number of rotatable bonds is 4. The lowest BCUT2D eigenvalue weighted by atomic mass is 10.2. The van der Waals surface area contributed by atoms with E-state index in [-0.39, 0.29) is 4.90 Å². The van der Waals surface area contributed by atoms with Gasteiger partial charge < -0.3 is 0 Å². The van der Waals surface area contributed by atoms with Crippen LogP contribution in [-0.4, -0.2) is 18.2 Å². The third kappa shape index (κ3) is 3.49. The van der Waals surface area contributed by atoms with Crippen molar-refractivity contribution in [1.29, 1.82) is 0 Å². The highest BCUT2D eigenvalue weighted by atomic mass is 32.2. The number of nitrogens with zero attached hydrogens (tertiary/aromatic N) is 2. The van der Waals surface area contributed by atoms with Crippen LogP contribution in [0.4, 0.5) is 5.69 Å². The maximum Gasteiger partial charge on any atom is 0.261 e. The Bertz CT molecular complexity index is 974. The van der Waals surface area contributed by atoms with Crippen molar-refractivity contribution in [3.05, 3.63) is 71.5 Å². The van der Waals surface area contributed by atoms with Gasteiger partial charge in [0.2, 0.25) is 0 Å². The summed E-state index contributed by atoms with van der Waals surface area (Å²) in [5.41, 5.74) is 4.19. The van der Waals surface area contributed by atoms with Crippen LogP contribution in [0, 0.1) is 20.8 Å². The van der Waals surface area contributed by atoms with Crippen molar-refractivity contribution in [2.75, 3.05) is 4.72 Å². The van der Waals surface area contributed by atoms with Crippen LogP contribution in [0.25, 0.3) is 5.69 Å². The Hall–Kier alpha value is -2.60. The minimum absolute atomic E-state index is 0.242. The topological polar surface area (TPSA) is 64.0 Å². The molecule has 0 unspecified atom stereocenters. The van der Waals surface area contributed by atoms with E-state index in [4.69, 9.17) is 0 Å². The van der Waals surface area contributed by atoms with E-state index in [0.29, 0.717) is 5.69 Å². The molecule has 1 aromatic heterocycles. The molecule has 0 saturated heterocycles. The fourth-order valence-electron chi connectivity index (χ4n) is 2.44. The number of aromatic nitrogens is 2. The van der Waals surface area contributed by atoms with Crippen molar-refractivity contribution in [3.63, 3.8) is 0 Å². The molecule has 0 aliphatic rings. The number of anilines is 1.